The van der Waals surface area contributed by atoms with Gasteiger partial charge in [-0.2, -0.15) is 19.0 Å². The Bertz CT molecular complexity index is 2570. The third-order valence-electron chi connectivity index (χ3n) is 10.4. The molecule has 55 heavy (non-hydrogen) atoms. The quantitative estimate of drug-likeness (QED) is 0.0761. The van der Waals surface area contributed by atoms with E-state index in [4.69, 9.17) is 16.6 Å². The standard InChI is InChI=1S/C40H34ClF6N5O2S/c1-51-37-28(10-11-31(41)34(37)32(49-51)19-55(2,3)54)27-9-8-25(7-6-20-4-5-20)48-35(27)22(12-21-13-23(42)16-24(43)14-21)15-26(53)18-52-38-33(36(50-52)39(44)45)29-17-30(29)40(38,46)47/h8-11,13-14,16,20,22,29-30,39H,2,4-5,12,15,17-19H2,1,3H3/t22-,29+,30-,55?/m1/s1. The Hall–Kier alpha value is -4.61. The van der Waals surface area contributed by atoms with E-state index in [-0.39, 0.29) is 42.1 Å². The number of hydrogen-bond donors (Lipinski definition) is 0. The maximum atomic E-state index is 15.4. The number of aryl methyl sites for hydroxylation is 1. The molecular formula is C40H34ClF6N5O2S. The normalized spacial score (nSPS) is 19.8. The Kier molecular flexibility index (Phi) is 9.19. The number of rotatable bonds is 11. The average molecular weight is 798 g/mol. The van der Waals surface area contributed by atoms with Gasteiger partial charge in [-0.1, -0.05) is 23.6 Å². The first-order valence-electron chi connectivity index (χ1n) is 17.7. The zero-order valence-electron chi connectivity index (χ0n) is 29.7. The molecular weight excluding hydrogens is 764 g/mol. The lowest BCUT2D eigenvalue weighted by Gasteiger charge is -2.21. The van der Waals surface area contributed by atoms with E-state index in [9.17, 15) is 26.6 Å². The predicted octanol–water partition coefficient (Wildman–Crippen LogP) is 8.50. The number of aromatic nitrogens is 5. The van der Waals surface area contributed by atoms with Gasteiger partial charge in [0.25, 0.3) is 12.3 Å². The van der Waals surface area contributed by atoms with E-state index in [1.54, 1.807) is 36.0 Å². The van der Waals surface area contributed by atoms with E-state index in [1.165, 1.54) is 6.26 Å². The second-order valence-electron chi connectivity index (χ2n) is 15.0. The minimum atomic E-state index is -3.43. The van der Waals surface area contributed by atoms with Gasteiger partial charge in [0, 0.05) is 65.6 Å². The van der Waals surface area contributed by atoms with Gasteiger partial charge in [-0.3, -0.25) is 18.4 Å². The lowest BCUT2D eigenvalue weighted by molar-refractivity contribution is -0.120. The third kappa shape index (κ3) is 7.17. The number of ketones is 1. The summed E-state index contributed by atoms with van der Waals surface area (Å²) in [6.45, 7) is -0.730. The molecule has 2 saturated carbocycles. The van der Waals surface area contributed by atoms with Gasteiger partial charge in [0.05, 0.1) is 27.7 Å². The van der Waals surface area contributed by atoms with Crippen LogP contribution >= 0.6 is 11.6 Å². The van der Waals surface area contributed by atoms with Gasteiger partial charge in [0.1, 0.15) is 35.3 Å². The molecule has 1 unspecified atom stereocenters. The van der Waals surface area contributed by atoms with Crippen molar-refractivity contribution in [2.45, 2.75) is 68.6 Å². The average Bonchev–Trinajstić information content (AvgIpc) is 4.00. The molecule has 0 radical (unpaired) electrons. The monoisotopic (exact) mass is 797 g/mol. The van der Waals surface area contributed by atoms with Crippen LogP contribution in [0.5, 0.6) is 0 Å². The molecule has 0 aliphatic heterocycles. The summed E-state index contributed by atoms with van der Waals surface area (Å²) < 4.78 is 103. The Balaban J connectivity index is 1.26. The van der Waals surface area contributed by atoms with Crippen molar-refractivity contribution in [3.8, 4) is 23.0 Å². The van der Waals surface area contributed by atoms with Crippen LogP contribution < -0.4 is 0 Å². The van der Waals surface area contributed by atoms with Gasteiger partial charge >= 0.3 is 0 Å². The molecule has 0 N–H and O–H groups in total. The summed E-state index contributed by atoms with van der Waals surface area (Å²) in [4.78, 5) is 19.0. The van der Waals surface area contributed by atoms with E-state index in [0.717, 1.165) is 31.0 Å². The van der Waals surface area contributed by atoms with Gasteiger partial charge < -0.3 is 0 Å². The SMILES string of the molecule is C=S(C)(=O)Cc1nn(C)c2c(-c3ccc(C#CC4CC4)nc3[C@@H](CC(=O)Cn3nc(C(F)F)c4c3C(F)(F)[C@@H]3C[C@H]43)Cc3cc(F)cc(F)c3)ccc(Cl)c12. The summed E-state index contributed by atoms with van der Waals surface area (Å²) in [5.41, 5.74) is 1.38. The van der Waals surface area contributed by atoms with E-state index in [2.05, 4.69) is 27.9 Å². The molecule has 5 aromatic rings. The summed E-state index contributed by atoms with van der Waals surface area (Å²) in [5, 5.41) is 9.32. The zero-order valence-corrected chi connectivity index (χ0v) is 31.3. The molecule has 2 aromatic carbocycles. The largest absolute Gasteiger partial charge is 0.298 e. The Morgan fingerprint density at radius 3 is 2.45 bits per heavy atom. The van der Waals surface area contributed by atoms with Crippen molar-refractivity contribution in [3.05, 3.63) is 98.7 Å². The Morgan fingerprint density at radius 1 is 1.07 bits per heavy atom. The third-order valence-corrected chi connectivity index (χ3v) is 11.6. The number of fused-ring (bicyclic) bond motifs is 4. The number of Topliss-reactive ketones (excluding diaryl/α,β-unsaturated/α-hetero) is 1. The van der Waals surface area contributed by atoms with Crippen LogP contribution in [0.25, 0.3) is 22.0 Å². The summed E-state index contributed by atoms with van der Waals surface area (Å²) >= 11 is 6.72. The fourth-order valence-electron chi connectivity index (χ4n) is 7.92. The first-order chi connectivity index (χ1) is 26.0. The van der Waals surface area contributed by atoms with Crippen LogP contribution in [0.4, 0.5) is 26.3 Å². The highest BCUT2D eigenvalue weighted by molar-refractivity contribution is 7.98. The van der Waals surface area contributed by atoms with Crippen molar-refractivity contribution < 1.29 is 35.3 Å². The maximum Gasteiger partial charge on any atom is 0.293 e. The highest BCUT2D eigenvalue weighted by Gasteiger charge is 2.67. The van der Waals surface area contributed by atoms with Crippen molar-refractivity contribution >= 4 is 43.7 Å². The molecule has 3 aromatic heterocycles. The summed E-state index contributed by atoms with van der Waals surface area (Å²) in [6, 6.07) is 9.87. The minimum absolute atomic E-state index is 0.0432. The number of carbonyl (C=O) groups is 1. The molecule has 286 valence electrons. The summed E-state index contributed by atoms with van der Waals surface area (Å²) in [7, 11) is -0.842. The smallest absolute Gasteiger partial charge is 0.293 e. The van der Waals surface area contributed by atoms with Crippen LogP contribution in [0.3, 0.4) is 0 Å². The second-order valence-corrected chi connectivity index (χ2v) is 18.1. The van der Waals surface area contributed by atoms with Gasteiger partial charge in [-0.25, -0.2) is 22.5 Å². The molecule has 0 spiro atoms. The van der Waals surface area contributed by atoms with Crippen LogP contribution in [0, 0.1) is 35.3 Å². The maximum absolute atomic E-state index is 15.4. The fraction of sp³-hybridized carbons (Fsp3) is 0.375. The van der Waals surface area contributed by atoms with E-state index in [0.29, 0.717) is 48.8 Å². The minimum Gasteiger partial charge on any atom is -0.298 e. The van der Waals surface area contributed by atoms with Crippen LogP contribution in [0.1, 0.15) is 83.5 Å². The first-order valence-corrected chi connectivity index (χ1v) is 20.4. The van der Waals surface area contributed by atoms with E-state index < -0.39 is 75.0 Å². The first kappa shape index (κ1) is 37.3. The van der Waals surface area contributed by atoms with Gasteiger partial charge in [-0.15, -0.1) is 0 Å². The highest BCUT2D eigenvalue weighted by atomic mass is 35.5. The number of hydrogen-bond acceptors (Lipinski definition) is 5. The molecule has 2 fully saturated rings. The van der Waals surface area contributed by atoms with Crippen molar-refractivity contribution in [1.82, 2.24) is 24.5 Å². The van der Waals surface area contributed by atoms with Crippen molar-refractivity contribution in [1.29, 1.82) is 0 Å². The predicted molar refractivity (Wildman–Crippen MR) is 198 cm³/mol. The fourth-order valence-corrected chi connectivity index (χ4v) is 8.96. The Labute approximate surface area is 318 Å². The van der Waals surface area contributed by atoms with Gasteiger partial charge in [-0.05, 0) is 88.8 Å². The number of halogens is 7. The molecule has 3 heterocycles. The number of alkyl halides is 4. The van der Waals surface area contributed by atoms with Gasteiger partial charge in [0.15, 0.2) is 5.78 Å². The number of nitrogens with zero attached hydrogens (tertiary/aromatic N) is 5. The van der Waals surface area contributed by atoms with Crippen LogP contribution in [0.2, 0.25) is 5.02 Å². The molecule has 7 nitrogen and oxygen atoms in total. The Morgan fingerprint density at radius 2 is 1.78 bits per heavy atom. The van der Waals surface area contributed by atoms with E-state index >= 15 is 8.78 Å². The van der Waals surface area contributed by atoms with Crippen molar-refractivity contribution in [2.75, 3.05) is 6.26 Å². The van der Waals surface area contributed by atoms with Crippen molar-refractivity contribution in [3.63, 3.8) is 0 Å². The zero-order chi connectivity index (χ0) is 39.1. The van der Waals surface area contributed by atoms with Crippen LogP contribution in [-0.4, -0.2) is 46.7 Å². The van der Waals surface area contributed by atoms with Crippen molar-refractivity contribution in [2.24, 2.45) is 18.9 Å². The molecule has 3 aliphatic rings. The van der Waals surface area contributed by atoms with E-state index in [1.807, 2.05) is 0 Å². The number of benzene rings is 2. The van der Waals surface area contributed by atoms with Gasteiger partial charge in [0.2, 0.25) is 0 Å². The summed E-state index contributed by atoms with van der Waals surface area (Å²) in [5.74, 6) is 1.78. The molecule has 15 heteroatoms. The number of carbonyl (C=O) groups excluding carboxylic acids is 1. The molecule has 0 saturated heterocycles. The highest BCUT2D eigenvalue weighted by Crippen LogP contribution is 2.68. The molecule has 3 aliphatic carbocycles. The molecule has 8 rings (SSSR count). The topological polar surface area (TPSA) is 82.7 Å². The lowest BCUT2D eigenvalue weighted by Crippen LogP contribution is -2.24. The lowest BCUT2D eigenvalue weighted by atomic mass is 9.86. The molecule has 0 bridgehead atoms. The van der Waals surface area contributed by atoms with Crippen LogP contribution in [-0.2, 0) is 46.0 Å². The second kappa shape index (κ2) is 13.5. The molecule has 0 amide bonds. The summed E-state index contributed by atoms with van der Waals surface area (Å²) in [6.07, 6.45) is -0.122. The van der Waals surface area contributed by atoms with Crippen LogP contribution in [0.15, 0.2) is 42.5 Å². The number of pyridine rings is 1. The molecule has 4 atom stereocenters.